The maximum Gasteiger partial charge on any atom is 0.407 e. The molecule has 1 N–H and O–H groups in total. The lowest BCUT2D eigenvalue weighted by Crippen LogP contribution is -2.33. The Bertz CT molecular complexity index is 961. The van der Waals surface area contributed by atoms with E-state index in [0.29, 0.717) is 25.1 Å². The van der Waals surface area contributed by atoms with Crippen molar-refractivity contribution in [1.82, 2.24) is 5.32 Å². The minimum atomic E-state index is -0.638. The number of nitrogens with zero attached hydrogens (tertiary/aromatic N) is 1. The average molecular weight is 442 g/mol. The van der Waals surface area contributed by atoms with Crippen molar-refractivity contribution >= 4 is 23.5 Å². The lowest BCUT2D eigenvalue weighted by molar-refractivity contribution is -0.384. The number of amides is 1. The highest BCUT2D eigenvalue weighted by atomic mass is 16.6. The van der Waals surface area contributed by atoms with Crippen LogP contribution in [0, 0.1) is 10.1 Å². The van der Waals surface area contributed by atoms with Gasteiger partial charge in [-0.1, -0.05) is 12.1 Å². The Kier molecular flexibility index (Phi) is 8.46. The van der Waals surface area contributed by atoms with Crippen LogP contribution in [0.5, 0.6) is 5.75 Å². The number of esters is 1. The van der Waals surface area contributed by atoms with Crippen LogP contribution >= 0.6 is 0 Å². The predicted molar refractivity (Wildman–Crippen MR) is 117 cm³/mol. The summed E-state index contributed by atoms with van der Waals surface area (Å²) in [6, 6.07) is 11.6. The van der Waals surface area contributed by atoms with Crippen LogP contribution in [0.25, 0.3) is 0 Å². The van der Waals surface area contributed by atoms with Gasteiger partial charge in [0, 0.05) is 31.5 Å². The molecule has 170 valence electrons. The van der Waals surface area contributed by atoms with Gasteiger partial charge < -0.3 is 14.8 Å². The zero-order valence-electron chi connectivity index (χ0n) is 18.3. The lowest BCUT2D eigenvalue weighted by Gasteiger charge is -2.19. The van der Waals surface area contributed by atoms with E-state index in [4.69, 9.17) is 9.47 Å². The van der Waals surface area contributed by atoms with Crippen LogP contribution in [-0.4, -0.2) is 34.9 Å². The van der Waals surface area contributed by atoms with E-state index in [1.165, 1.54) is 24.3 Å². The van der Waals surface area contributed by atoms with Crippen LogP contribution in [0.1, 0.15) is 49.5 Å². The summed E-state index contributed by atoms with van der Waals surface area (Å²) in [6.07, 6.45) is 0.530. The molecule has 2 rings (SSSR count). The fourth-order valence-corrected chi connectivity index (χ4v) is 2.67. The fourth-order valence-electron chi connectivity index (χ4n) is 2.67. The molecule has 0 fully saturated rings. The van der Waals surface area contributed by atoms with Crippen LogP contribution < -0.4 is 10.1 Å². The molecule has 0 bridgehead atoms. The zero-order chi connectivity index (χ0) is 23.7. The van der Waals surface area contributed by atoms with Gasteiger partial charge in [0.15, 0.2) is 0 Å². The zero-order valence-corrected chi connectivity index (χ0v) is 18.3. The van der Waals surface area contributed by atoms with Crippen LogP contribution in [0.4, 0.5) is 10.5 Å². The second-order valence-corrected chi connectivity index (χ2v) is 8.09. The molecular weight excluding hydrogens is 416 g/mol. The Morgan fingerprint density at radius 2 is 1.62 bits per heavy atom. The number of Topliss-reactive ketones (excluding diaryl/α,β-unsaturated/α-hetero) is 1. The van der Waals surface area contributed by atoms with E-state index in [1.54, 1.807) is 45.0 Å². The number of rotatable bonds is 9. The van der Waals surface area contributed by atoms with Crippen LogP contribution in [0.15, 0.2) is 48.5 Å². The summed E-state index contributed by atoms with van der Waals surface area (Å²) >= 11 is 0. The lowest BCUT2D eigenvalue weighted by atomic mass is 10.1. The number of hydrogen-bond acceptors (Lipinski definition) is 7. The molecule has 0 saturated heterocycles. The Morgan fingerprint density at radius 1 is 1.00 bits per heavy atom. The first kappa shape index (κ1) is 24.5. The number of nitrogens with one attached hydrogen (secondary N) is 1. The molecule has 0 aliphatic heterocycles. The first-order chi connectivity index (χ1) is 15.0. The van der Waals surface area contributed by atoms with Gasteiger partial charge in [0.1, 0.15) is 17.1 Å². The topological polar surface area (TPSA) is 125 Å². The standard InChI is InChI=1S/C23H26N2O7/c1-23(2,3)32-22(28)24-14-4-5-19(26)15-16-6-12-20(13-7-16)31-21(27)17-8-10-18(11-9-17)25(29)30/h6-13H,4-5,14-15H2,1-3H3,(H,24,28). The second-order valence-electron chi connectivity index (χ2n) is 8.09. The van der Waals surface area contributed by atoms with Gasteiger partial charge in [-0.2, -0.15) is 0 Å². The van der Waals surface area contributed by atoms with E-state index < -0.39 is 22.6 Å². The Balaban J connectivity index is 1.76. The summed E-state index contributed by atoms with van der Waals surface area (Å²) in [5, 5.41) is 13.3. The SMILES string of the molecule is CC(C)(C)OC(=O)NCCCC(=O)Cc1ccc(OC(=O)c2ccc([N+](=O)[O-])cc2)cc1. The van der Waals surface area contributed by atoms with E-state index in [0.717, 1.165) is 5.56 Å². The van der Waals surface area contributed by atoms with Gasteiger partial charge in [-0.05, 0) is 57.0 Å². The van der Waals surface area contributed by atoms with Crippen molar-refractivity contribution in [2.75, 3.05) is 6.54 Å². The Hall–Kier alpha value is -3.75. The number of carbonyl (C=O) groups excluding carboxylic acids is 3. The molecule has 0 aliphatic carbocycles. The van der Waals surface area contributed by atoms with Gasteiger partial charge in [-0.25, -0.2) is 9.59 Å². The Morgan fingerprint density at radius 3 is 2.19 bits per heavy atom. The highest BCUT2D eigenvalue weighted by Gasteiger charge is 2.16. The van der Waals surface area contributed by atoms with Gasteiger partial charge >= 0.3 is 12.1 Å². The highest BCUT2D eigenvalue weighted by Crippen LogP contribution is 2.17. The quantitative estimate of drug-likeness (QED) is 0.202. The number of non-ortho nitro benzene ring substituents is 1. The van der Waals surface area contributed by atoms with Crippen molar-refractivity contribution in [3.63, 3.8) is 0 Å². The molecule has 9 heteroatoms. The van der Waals surface area contributed by atoms with E-state index >= 15 is 0 Å². The van der Waals surface area contributed by atoms with Gasteiger partial charge in [-0.15, -0.1) is 0 Å². The monoisotopic (exact) mass is 442 g/mol. The molecule has 9 nitrogen and oxygen atoms in total. The highest BCUT2D eigenvalue weighted by molar-refractivity contribution is 5.91. The third-order valence-corrected chi connectivity index (χ3v) is 4.15. The maximum absolute atomic E-state index is 12.1. The Labute approximate surface area is 185 Å². The molecule has 0 atom stereocenters. The van der Waals surface area contributed by atoms with Gasteiger partial charge in [0.05, 0.1) is 10.5 Å². The molecule has 0 unspecified atom stereocenters. The molecule has 0 aliphatic rings. The van der Waals surface area contributed by atoms with E-state index in [-0.39, 0.29) is 23.5 Å². The fraction of sp³-hybridized carbons (Fsp3) is 0.348. The van der Waals surface area contributed by atoms with Gasteiger partial charge in [0.2, 0.25) is 0 Å². The first-order valence-corrected chi connectivity index (χ1v) is 10.1. The number of carbonyl (C=O) groups is 3. The smallest absolute Gasteiger partial charge is 0.407 e. The number of nitro benzene ring substituents is 1. The third kappa shape index (κ3) is 8.55. The van der Waals surface area contributed by atoms with Crippen molar-refractivity contribution in [3.8, 4) is 5.75 Å². The summed E-state index contributed by atoms with van der Waals surface area (Å²) in [7, 11) is 0. The number of ether oxygens (including phenoxy) is 2. The number of benzene rings is 2. The number of alkyl carbamates (subject to hydrolysis) is 1. The van der Waals surface area contributed by atoms with Crippen molar-refractivity contribution < 1.29 is 28.8 Å². The molecule has 0 saturated carbocycles. The van der Waals surface area contributed by atoms with E-state index in [9.17, 15) is 24.5 Å². The normalized spacial score (nSPS) is 10.8. The molecule has 0 radical (unpaired) electrons. The summed E-state index contributed by atoms with van der Waals surface area (Å²) < 4.78 is 10.4. The predicted octanol–water partition coefficient (Wildman–Crippen LogP) is 4.23. The number of nitro groups is 1. The molecule has 2 aromatic carbocycles. The summed E-state index contributed by atoms with van der Waals surface area (Å²) in [5.41, 5.74) is 0.277. The van der Waals surface area contributed by atoms with Gasteiger partial charge in [0.25, 0.3) is 5.69 Å². The van der Waals surface area contributed by atoms with Crippen molar-refractivity contribution in [3.05, 3.63) is 69.8 Å². The molecule has 1 amide bonds. The molecular formula is C23H26N2O7. The summed E-state index contributed by atoms with van der Waals surface area (Å²) in [6.45, 7) is 5.67. The number of ketones is 1. The van der Waals surface area contributed by atoms with Crippen molar-refractivity contribution in [2.24, 2.45) is 0 Å². The average Bonchev–Trinajstić information content (AvgIpc) is 2.71. The minimum absolute atomic E-state index is 0.0200. The van der Waals surface area contributed by atoms with Crippen LogP contribution in [0.2, 0.25) is 0 Å². The van der Waals surface area contributed by atoms with Crippen molar-refractivity contribution in [1.29, 1.82) is 0 Å². The van der Waals surface area contributed by atoms with Crippen molar-refractivity contribution in [2.45, 2.75) is 45.6 Å². The molecule has 0 aromatic heterocycles. The van der Waals surface area contributed by atoms with Gasteiger partial charge in [-0.3, -0.25) is 14.9 Å². The molecule has 32 heavy (non-hydrogen) atoms. The maximum atomic E-state index is 12.1. The molecule has 0 heterocycles. The largest absolute Gasteiger partial charge is 0.444 e. The number of hydrogen-bond donors (Lipinski definition) is 1. The first-order valence-electron chi connectivity index (χ1n) is 10.1. The summed E-state index contributed by atoms with van der Waals surface area (Å²) in [4.78, 5) is 46.0. The van der Waals surface area contributed by atoms with E-state index in [2.05, 4.69) is 5.32 Å². The van der Waals surface area contributed by atoms with Crippen LogP contribution in [0.3, 0.4) is 0 Å². The third-order valence-electron chi connectivity index (χ3n) is 4.15. The second kappa shape index (κ2) is 11.0. The summed E-state index contributed by atoms with van der Waals surface area (Å²) in [5.74, 6) is -0.320. The molecule has 2 aromatic rings. The minimum Gasteiger partial charge on any atom is -0.444 e. The van der Waals surface area contributed by atoms with Crippen LogP contribution in [-0.2, 0) is 16.0 Å². The molecule has 0 spiro atoms. The van der Waals surface area contributed by atoms with E-state index in [1.807, 2.05) is 0 Å².